The first-order valence-corrected chi connectivity index (χ1v) is 10.9. The minimum Gasteiger partial charge on any atom is -0.391 e. The molecule has 29 heavy (non-hydrogen) atoms. The molecule has 2 aromatic heterocycles. The first-order valence-electron chi connectivity index (χ1n) is 10.1. The maximum absolute atomic E-state index is 13.1. The Morgan fingerprint density at radius 2 is 2.14 bits per heavy atom. The lowest BCUT2D eigenvalue weighted by Crippen LogP contribution is -2.39. The molecule has 0 bridgehead atoms. The van der Waals surface area contributed by atoms with Crippen LogP contribution in [0.5, 0.6) is 0 Å². The maximum atomic E-state index is 13.1. The van der Waals surface area contributed by atoms with Crippen molar-refractivity contribution in [2.24, 2.45) is 0 Å². The Labute approximate surface area is 172 Å². The molecule has 2 fully saturated rings. The zero-order valence-corrected chi connectivity index (χ0v) is 16.8. The topological polar surface area (TPSA) is 106 Å². The van der Waals surface area contributed by atoms with Gasteiger partial charge in [-0.2, -0.15) is 4.98 Å². The zero-order valence-electron chi connectivity index (χ0n) is 16.0. The van der Waals surface area contributed by atoms with Crippen LogP contribution in [0.2, 0.25) is 0 Å². The van der Waals surface area contributed by atoms with Gasteiger partial charge in [-0.25, -0.2) is 4.98 Å². The van der Waals surface area contributed by atoms with Crippen molar-refractivity contribution in [2.75, 3.05) is 36.4 Å². The van der Waals surface area contributed by atoms with Gasteiger partial charge in [-0.05, 0) is 37.9 Å². The third-order valence-corrected chi connectivity index (χ3v) is 6.57. The van der Waals surface area contributed by atoms with E-state index < -0.39 is 0 Å². The summed E-state index contributed by atoms with van der Waals surface area (Å²) in [5.41, 5.74) is 1.16. The summed E-state index contributed by atoms with van der Waals surface area (Å²) in [5, 5.41) is 17.4. The fourth-order valence-corrected chi connectivity index (χ4v) is 5.00. The molecular weight excluding hydrogens is 388 g/mol. The number of fused-ring (bicyclic) bond motifs is 1. The molecule has 2 saturated heterocycles. The van der Waals surface area contributed by atoms with Crippen LogP contribution in [0.25, 0.3) is 20.8 Å². The van der Waals surface area contributed by atoms with Gasteiger partial charge in [0.15, 0.2) is 0 Å². The Bertz CT molecular complexity index is 1040. The average molecular weight is 413 g/mol. The highest BCUT2D eigenvalue weighted by Crippen LogP contribution is 2.33. The predicted molar refractivity (Wildman–Crippen MR) is 116 cm³/mol. The van der Waals surface area contributed by atoms with E-state index in [4.69, 9.17) is 4.98 Å². The van der Waals surface area contributed by atoms with Crippen LogP contribution >= 0.6 is 11.3 Å². The van der Waals surface area contributed by atoms with Crippen molar-refractivity contribution >= 4 is 33.3 Å². The fraction of sp³-hybridized carbons (Fsp3) is 0.450. The van der Waals surface area contributed by atoms with Gasteiger partial charge in [0.1, 0.15) is 16.4 Å². The van der Waals surface area contributed by atoms with Crippen molar-refractivity contribution in [3.05, 3.63) is 34.6 Å². The second-order valence-electron chi connectivity index (χ2n) is 7.68. The molecule has 1 aromatic carbocycles. The number of hydrogen-bond acceptors (Lipinski definition) is 8. The van der Waals surface area contributed by atoms with E-state index in [2.05, 4.69) is 20.6 Å². The van der Waals surface area contributed by atoms with Gasteiger partial charge in [-0.3, -0.25) is 9.78 Å². The van der Waals surface area contributed by atoms with Gasteiger partial charge >= 0.3 is 0 Å². The van der Waals surface area contributed by atoms with Crippen LogP contribution < -0.4 is 21.1 Å². The van der Waals surface area contributed by atoms with Crippen molar-refractivity contribution in [1.29, 1.82) is 0 Å². The van der Waals surface area contributed by atoms with Crippen molar-refractivity contribution in [3.63, 3.8) is 0 Å². The molecule has 4 N–H and O–H groups in total. The van der Waals surface area contributed by atoms with Crippen LogP contribution in [0.4, 0.5) is 11.8 Å². The number of aliphatic hydroxyl groups is 1. The van der Waals surface area contributed by atoms with Crippen LogP contribution in [0.1, 0.15) is 19.3 Å². The molecule has 0 radical (unpaired) electrons. The van der Waals surface area contributed by atoms with Crippen LogP contribution in [0, 0.1) is 0 Å². The monoisotopic (exact) mass is 412 g/mol. The molecule has 9 heteroatoms. The number of piperidine rings is 1. The molecule has 152 valence electrons. The molecule has 4 heterocycles. The minimum atomic E-state index is -0.386. The van der Waals surface area contributed by atoms with Crippen molar-refractivity contribution < 1.29 is 5.11 Å². The Morgan fingerprint density at radius 1 is 1.24 bits per heavy atom. The van der Waals surface area contributed by atoms with E-state index in [9.17, 15) is 9.90 Å². The number of nitrogens with zero attached hydrogens (tertiary/aromatic N) is 3. The maximum Gasteiger partial charge on any atom is 0.264 e. The van der Waals surface area contributed by atoms with Crippen molar-refractivity contribution in [3.8, 4) is 10.6 Å². The molecule has 0 spiro atoms. The number of aromatic nitrogens is 3. The van der Waals surface area contributed by atoms with Gasteiger partial charge in [0.2, 0.25) is 5.95 Å². The third kappa shape index (κ3) is 3.73. The van der Waals surface area contributed by atoms with Crippen molar-refractivity contribution in [2.45, 2.75) is 31.4 Å². The van der Waals surface area contributed by atoms with E-state index in [1.54, 1.807) is 0 Å². The molecule has 5 rings (SSSR count). The van der Waals surface area contributed by atoms with E-state index >= 15 is 0 Å². The van der Waals surface area contributed by atoms with Gasteiger partial charge in [-0.15, -0.1) is 11.3 Å². The lowest BCUT2D eigenvalue weighted by Gasteiger charge is -2.26. The molecule has 2 aliphatic heterocycles. The number of β-amino-alcohol motifs (C(OH)–C–C–N with tert-alkyl or cyclic N) is 1. The molecular formula is C20H24N6O2S. The average Bonchev–Trinajstić information content (AvgIpc) is 3.34. The number of para-hydroxylation sites is 1. The van der Waals surface area contributed by atoms with E-state index in [1.807, 2.05) is 29.2 Å². The van der Waals surface area contributed by atoms with Crippen LogP contribution in [-0.4, -0.2) is 58.4 Å². The van der Waals surface area contributed by atoms with Gasteiger partial charge in [0, 0.05) is 25.7 Å². The highest BCUT2D eigenvalue weighted by atomic mass is 32.1. The number of rotatable bonds is 4. The minimum absolute atomic E-state index is 0.207. The predicted octanol–water partition coefficient (Wildman–Crippen LogP) is 1.78. The summed E-state index contributed by atoms with van der Waals surface area (Å²) >= 11 is 1.50. The van der Waals surface area contributed by atoms with Crippen LogP contribution in [0.15, 0.2) is 29.1 Å². The summed E-state index contributed by atoms with van der Waals surface area (Å²) in [7, 11) is 0. The largest absolute Gasteiger partial charge is 0.391 e. The van der Waals surface area contributed by atoms with E-state index in [-0.39, 0.29) is 17.7 Å². The van der Waals surface area contributed by atoms with Crippen LogP contribution in [0.3, 0.4) is 0 Å². The molecule has 0 aliphatic carbocycles. The highest BCUT2D eigenvalue weighted by molar-refractivity contribution is 7.21. The number of aromatic amines is 1. The lowest BCUT2D eigenvalue weighted by atomic mass is 10.1. The van der Waals surface area contributed by atoms with Gasteiger partial charge in [0.25, 0.3) is 5.56 Å². The molecule has 2 aliphatic rings. The first-order chi connectivity index (χ1) is 14.2. The highest BCUT2D eigenvalue weighted by Gasteiger charge is 2.26. The molecule has 0 amide bonds. The SMILES string of the molecule is O=c1[nH]c(N2CCC(O)C2)nc(NC2CCCNC2)c1-c1nc2ccccc2s1. The Kier molecular flexibility index (Phi) is 4.94. The summed E-state index contributed by atoms with van der Waals surface area (Å²) in [6.07, 6.45) is 2.41. The number of nitrogens with one attached hydrogen (secondary N) is 3. The molecule has 3 aromatic rings. The number of benzene rings is 1. The fourth-order valence-electron chi connectivity index (χ4n) is 4.00. The van der Waals surface area contributed by atoms with E-state index in [0.717, 1.165) is 36.1 Å². The molecule has 2 atom stereocenters. The molecule has 0 saturated carbocycles. The van der Waals surface area contributed by atoms with Gasteiger partial charge in [-0.1, -0.05) is 12.1 Å². The smallest absolute Gasteiger partial charge is 0.264 e. The summed E-state index contributed by atoms with van der Waals surface area (Å²) in [4.78, 5) is 27.5. The van der Waals surface area contributed by atoms with Crippen LogP contribution in [-0.2, 0) is 0 Å². The number of hydrogen-bond donors (Lipinski definition) is 4. The molecule has 2 unspecified atom stereocenters. The van der Waals surface area contributed by atoms with E-state index in [0.29, 0.717) is 41.8 Å². The Balaban J connectivity index is 1.58. The van der Waals surface area contributed by atoms with Crippen molar-refractivity contribution in [1.82, 2.24) is 20.3 Å². The zero-order chi connectivity index (χ0) is 19.8. The number of anilines is 2. The third-order valence-electron chi connectivity index (χ3n) is 5.52. The quantitative estimate of drug-likeness (QED) is 0.518. The normalized spacial score (nSPS) is 22.3. The summed E-state index contributed by atoms with van der Waals surface area (Å²) in [5.74, 6) is 1.07. The summed E-state index contributed by atoms with van der Waals surface area (Å²) in [6.45, 7) is 3.01. The van der Waals surface area contributed by atoms with Gasteiger partial charge < -0.3 is 20.6 Å². The number of aliphatic hydroxyl groups excluding tert-OH is 1. The van der Waals surface area contributed by atoms with Gasteiger partial charge in [0.05, 0.1) is 16.3 Å². The standard InChI is InChI=1S/C20H24N6O2S/c27-13-7-9-26(11-13)20-24-17(22-12-4-3-8-21-10-12)16(18(28)25-20)19-23-14-5-1-2-6-15(14)29-19/h1-2,5-6,12-13,21,27H,3-4,7-11H2,(H2,22,24,25,28). The second-order valence-corrected chi connectivity index (χ2v) is 8.71. The lowest BCUT2D eigenvalue weighted by molar-refractivity contribution is 0.198. The Hall–Kier alpha value is -2.49. The van der Waals surface area contributed by atoms with E-state index in [1.165, 1.54) is 11.3 Å². The summed E-state index contributed by atoms with van der Waals surface area (Å²) < 4.78 is 1.04. The number of thiazole rings is 1. The second kappa shape index (κ2) is 7.74. The number of H-pyrrole nitrogens is 1. The summed E-state index contributed by atoms with van der Waals surface area (Å²) in [6, 6.07) is 8.10. The Morgan fingerprint density at radius 3 is 2.90 bits per heavy atom. The first kappa shape index (κ1) is 18.5. The molecule has 8 nitrogen and oxygen atoms in total.